The molecular formula is C23H25FN4O3. The van der Waals surface area contributed by atoms with Gasteiger partial charge in [0.05, 0.1) is 0 Å². The largest absolute Gasteiger partial charge is 0.385 e. The fourth-order valence-corrected chi connectivity index (χ4v) is 3.99. The van der Waals surface area contributed by atoms with Crippen LogP contribution in [0.2, 0.25) is 0 Å². The number of rotatable bonds is 6. The van der Waals surface area contributed by atoms with Gasteiger partial charge in [0.1, 0.15) is 11.5 Å². The van der Waals surface area contributed by atoms with Gasteiger partial charge in [0.2, 0.25) is 0 Å². The second-order valence-electron chi connectivity index (χ2n) is 7.91. The van der Waals surface area contributed by atoms with E-state index in [0.29, 0.717) is 55.5 Å². The lowest BCUT2D eigenvalue weighted by Crippen LogP contribution is -2.46. The van der Waals surface area contributed by atoms with Crippen LogP contribution in [0.25, 0.3) is 11.5 Å². The summed E-state index contributed by atoms with van der Waals surface area (Å²) in [6, 6.07) is 11.4. The number of amides is 1. The van der Waals surface area contributed by atoms with E-state index < -0.39 is 0 Å². The lowest BCUT2D eigenvalue weighted by Gasteiger charge is -2.39. The van der Waals surface area contributed by atoms with E-state index in [1.165, 1.54) is 12.1 Å². The topological polar surface area (TPSA) is 81.4 Å². The number of aromatic nitrogens is 3. The van der Waals surface area contributed by atoms with Crippen molar-refractivity contribution in [1.82, 2.24) is 20.0 Å². The van der Waals surface area contributed by atoms with Gasteiger partial charge in [-0.25, -0.2) is 9.37 Å². The molecule has 0 atom stereocenters. The number of nitrogens with zero attached hydrogens (tertiary/aromatic N) is 4. The summed E-state index contributed by atoms with van der Waals surface area (Å²) < 4.78 is 24.1. The maximum Gasteiger partial charge on any atom is 0.272 e. The highest BCUT2D eigenvalue weighted by Gasteiger charge is 2.41. The highest BCUT2D eigenvalue weighted by atomic mass is 19.1. The molecule has 1 aliphatic heterocycles. The zero-order valence-electron chi connectivity index (χ0n) is 17.7. The Hall–Kier alpha value is -3.13. The van der Waals surface area contributed by atoms with E-state index in [1.54, 1.807) is 25.3 Å². The van der Waals surface area contributed by atoms with Gasteiger partial charge in [-0.2, -0.15) is 4.98 Å². The maximum atomic E-state index is 13.2. The van der Waals surface area contributed by atoms with E-state index in [4.69, 9.17) is 9.26 Å². The number of halogens is 1. The third-order valence-corrected chi connectivity index (χ3v) is 5.89. The predicted octanol–water partition coefficient (Wildman–Crippen LogP) is 3.79. The zero-order chi connectivity index (χ0) is 21.8. The highest BCUT2D eigenvalue weighted by molar-refractivity contribution is 5.92. The quantitative estimate of drug-likeness (QED) is 0.599. The van der Waals surface area contributed by atoms with Gasteiger partial charge in [-0.15, -0.1) is 0 Å². The molecule has 31 heavy (non-hydrogen) atoms. The van der Waals surface area contributed by atoms with Crippen LogP contribution < -0.4 is 0 Å². The molecule has 0 aliphatic carbocycles. The molecule has 7 nitrogen and oxygen atoms in total. The third-order valence-electron chi connectivity index (χ3n) is 5.89. The number of pyridine rings is 1. The first-order chi connectivity index (χ1) is 15.0. The molecule has 0 bridgehead atoms. The van der Waals surface area contributed by atoms with Gasteiger partial charge < -0.3 is 14.2 Å². The van der Waals surface area contributed by atoms with Crippen LogP contribution >= 0.6 is 0 Å². The molecular weight excluding hydrogens is 399 g/mol. The number of hydrogen-bond donors (Lipinski definition) is 0. The van der Waals surface area contributed by atoms with Gasteiger partial charge in [0, 0.05) is 43.5 Å². The molecule has 1 saturated heterocycles. The van der Waals surface area contributed by atoms with Crippen molar-refractivity contribution < 1.29 is 18.4 Å². The lowest BCUT2D eigenvalue weighted by atomic mass is 9.75. The number of aryl methyl sites for hydroxylation is 1. The SMILES string of the molecule is COCCC1(c2noc(-c3ccc(F)cc3)n2)CCN(C(=O)c2cccc(C)n2)CC1. The van der Waals surface area contributed by atoms with Crippen molar-refractivity contribution >= 4 is 5.91 Å². The number of carbonyl (C=O) groups excluding carboxylic acids is 1. The summed E-state index contributed by atoms with van der Waals surface area (Å²) in [4.78, 5) is 23.7. The summed E-state index contributed by atoms with van der Waals surface area (Å²) in [6.07, 6.45) is 2.10. The Morgan fingerprint density at radius 1 is 1.16 bits per heavy atom. The van der Waals surface area contributed by atoms with Gasteiger partial charge in [0.15, 0.2) is 5.82 Å². The van der Waals surface area contributed by atoms with E-state index in [9.17, 15) is 9.18 Å². The highest BCUT2D eigenvalue weighted by Crippen LogP contribution is 2.38. The molecule has 1 aromatic carbocycles. The van der Waals surface area contributed by atoms with Crippen LogP contribution in [0.15, 0.2) is 47.0 Å². The minimum Gasteiger partial charge on any atom is -0.385 e. The Balaban J connectivity index is 1.53. The maximum absolute atomic E-state index is 13.2. The molecule has 0 radical (unpaired) electrons. The fraction of sp³-hybridized carbons (Fsp3) is 0.391. The summed E-state index contributed by atoms with van der Waals surface area (Å²) in [6.45, 7) is 3.56. The first-order valence-corrected chi connectivity index (χ1v) is 10.3. The monoisotopic (exact) mass is 424 g/mol. The molecule has 0 unspecified atom stereocenters. The second kappa shape index (κ2) is 8.93. The minimum atomic E-state index is -0.353. The Labute approximate surface area is 180 Å². The van der Waals surface area contributed by atoms with Crippen LogP contribution in [0.1, 0.15) is 41.3 Å². The molecule has 0 saturated carbocycles. The van der Waals surface area contributed by atoms with E-state index in [-0.39, 0.29) is 17.1 Å². The first kappa shape index (κ1) is 21.1. The van der Waals surface area contributed by atoms with Crippen molar-refractivity contribution in [1.29, 1.82) is 0 Å². The van der Waals surface area contributed by atoms with Crippen LogP contribution in [-0.2, 0) is 10.2 Å². The lowest BCUT2D eigenvalue weighted by molar-refractivity contribution is 0.0610. The summed E-state index contributed by atoms with van der Waals surface area (Å²) in [5.41, 5.74) is 1.59. The molecule has 0 N–H and O–H groups in total. The van der Waals surface area contributed by atoms with Crippen molar-refractivity contribution in [2.45, 2.75) is 31.6 Å². The third kappa shape index (κ3) is 4.49. The Morgan fingerprint density at radius 2 is 1.90 bits per heavy atom. The van der Waals surface area contributed by atoms with E-state index in [2.05, 4.69) is 15.1 Å². The summed E-state index contributed by atoms with van der Waals surface area (Å²) in [5, 5.41) is 4.25. The number of hydrogen-bond acceptors (Lipinski definition) is 6. The van der Waals surface area contributed by atoms with Gasteiger partial charge >= 0.3 is 0 Å². The average Bonchev–Trinajstić information content (AvgIpc) is 3.29. The van der Waals surface area contributed by atoms with Crippen LogP contribution in [-0.4, -0.2) is 52.7 Å². The van der Waals surface area contributed by atoms with Crippen LogP contribution in [0.3, 0.4) is 0 Å². The van der Waals surface area contributed by atoms with Crippen LogP contribution in [0.4, 0.5) is 4.39 Å². The Morgan fingerprint density at radius 3 is 2.58 bits per heavy atom. The molecule has 8 heteroatoms. The smallest absolute Gasteiger partial charge is 0.272 e. The normalized spacial score (nSPS) is 15.8. The predicted molar refractivity (Wildman–Crippen MR) is 112 cm³/mol. The standard InChI is InChI=1S/C23H25FN4O3/c1-16-4-3-5-19(25-16)21(29)28-13-10-23(11-14-28,12-15-30-2)22-26-20(31-27-22)17-6-8-18(24)9-7-17/h3-9H,10-15H2,1-2H3. The van der Waals surface area contributed by atoms with Crippen LogP contribution in [0, 0.1) is 12.7 Å². The molecule has 1 amide bonds. The van der Waals surface area contributed by atoms with Crippen molar-refractivity contribution in [3.8, 4) is 11.5 Å². The first-order valence-electron chi connectivity index (χ1n) is 10.3. The Kier molecular flexibility index (Phi) is 6.08. The Bertz CT molecular complexity index is 1040. The number of likely N-dealkylation sites (tertiary alicyclic amines) is 1. The molecule has 0 spiro atoms. The molecule has 2 aromatic heterocycles. The molecule has 3 aromatic rings. The minimum absolute atomic E-state index is 0.0656. The summed E-state index contributed by atoms with van der Waals surface area (Å²) >= 11 is 0. The number of piperidine rings is 1. The summed E-state index contributed by atoms with van der Waals surface area (Å²) in [7, 11) is 1.66. The zero-order valence-corrected chi connectivity index (χ0v) is 17.7. The summed E-state index contributed by atoms with van der Waals surface area (Å²) in [5.74, 6) is 0.572. The number of ether oxygens (including phenoxy) is 1. The van der Waals surface area contributed by atoms with Crippen molar-refractivity contribution in [3.05, 3.63) is 65.5 Å². The average molecular weight is 424 g/mol. The van der Waals surface area contributed by atoms with E-state index in [0.717, 1.165) is 12.1 Å². The van der Waals surface area contributed by atoms with Gasteiger partial charge in [-0.1, -0.05) is 11.2 Å². The van der Waals surface area contributed by atoms with Crippen molar-refractivity contribution in [2.75, 3.05) is 26.8 Å². The van der Waals surface area contributed by atoms with Gasteiger partial charge in [0.25, 0.3) is 11.8 Å². The van der Waals surface area contributed by atoms with Crippen LogP contribution in [0.5, 0.6) is 0 Å². The number of benzene rings is 1. The molecule has 4 rings (SSSR count). The number of carbonyl (C=O) groups is 1. The second-order valence-corrected chi connectivity index (χ2v) is 7.91. The van der Waals surface area contributed by atoms with Crippen molar-refractivity contribution in [2.24, 2.45) is 0 Å². The van der Waals surface area contributed by atoms with Gasteiger partial charge in [-0.3, -0.25) is 4.79 Å². The van der Waals surface area contributed by atoms with Crippen molar-refractivity contribution in [3.63, 3.8) is 0 Å². The van der Waals surface area contributed by atoms with E-state index >= 15 is 0 Å². The molecule has 1 fully saturated rings. The molecule has 3 heterocycles. The molecule has 162 valence electrons. The fourth-order valence-electron chi connectivity index (χ4n) is 3.99. The van der Waals surface area contributed by atoms with E-state index in [1.807, 2.05) is 24.0 Å². The molecule has 1 aliphatic rings. The van der Waals surface area contributed by atoms with Gasteiger partial charge in [-0.05, 0) is 62.6 Å². The number of methoxy groups -OCH3 is 1.